The van der Waals surface area contributed by atoms with Crippen LogP contribution in [-0.2, 0) is 17.1 Å². The van der Waals surface area contributed by atoms with Gasteiger partial charge in [-0.2, -0.15) is 12.1 Å². The summed E-state index contributed by atoms with van der Waals surface area (Å²) >= 11 is 0. The van der Waals surface area contributed by atoms with Crippen LogP contribution >= 0.6 is 0 Å². The average Bonchev–Trinajstić information content (AvgIpc) is 3.32. The van der Waals surface area contributed by atoms with Gasteiger partial charge in [-0.25, -0.2) is 4.79 Å². The maximum absolute atomic E-state index is 12.1. The summed E-state index contributed by atoms with van der Waals surface area (Å²) in [6.07, 6.45) is 1.57. The monoisotopic (exact) mass is 390 g/mol. The zero-order chi connectivity index (χ0) is 17.8. The molecule has 3 aromatic rings. The Hall–Kier alpha value is -3.08. The fraction of sp³-hybridized carbons (Fsp3) is 0. The largest absolute Gasteiger partial charge is 0.748 e. The Morgan fingerprint density at radius 2 is 1.65 bits per heavy atom. The normalized spacial score (nSPS) is 13.2. The van der Waals surface area contributed by atoms with Crippen LogP contribution in [0.5, 0.6) is 11.5 Å². The van der Waals surface area contributed by atoms with Gasteiger partial charge < -0.3 is 45.3 Å². The summed E-state index contributed by atoms with van der Waals surface area (Å²) in [6, 6.07) is 19.5. The molecular weight excluding hydrogens is 376 g/mol. The molecule has 4 rings (SSSR count). The van der Waals surface area contributed by atoms with Crippen molar-refractivity contribution in [1.82, 2.24) is 0 Å². The van der Waals surface area contributed by atoms with Crippen molar-refractivity contribution in [3.63, 3.8) is 0 Å². The van der Waals surface area contributed by atoms with Crippen LogP contribution in [0.4, 0.5) is 0 Å². The number of benzene rings is 1. The van der Waals surface area contributed by atoms with E-state index in [4.69, 9.17) is 9.84 Å². The molecule has 0 saturated carbocycles. The van der Waals surface area contributed by atoms with Gasteiger partial charge in [-0.1, -0.05) is 6.08 Å². The number of phenols is 1. The molecule has 138 valence electrons. The first-order valence-electron chi connectivity index (χ1n) is 7.49. The van der Waals surface area contributed by atoms with E-state index in [1.54, 1.807) is 6.08 Å². The van der Waals surface area contributed by atoms with Crippen LogP contribution in [0.2, 0.25) is 0 Å². The van der Waals surface area contributed by atoms with Gasteiger partial charge in [-0.05, 0) is 6.07 Å². The maximum atomic E-state index is 12.1. The number of ketones is 1. The van der Waals surface area contributed by atoms with Gasteiger partial charge in [0.1, 0.15) is 22.8 Å². The number of allylic oxidation sites excluding steroid dienone is 1. The summed E-state index contributed by atoms with van der Waals surface area (Å²) in [5.41, 5.74) is 0.622. The van der Waals surface area contributed by atoms with Crippen molar-refractivity contribution in [3.05, 3.63) is 89.2 Å². The van der Waals surface area contributed by atoms with Gasteiger partial charge in [0.05, 0.1) is 5.56 Å². The molecule has 1 aliphatic heterocycles. The number of Topliss-reactive ketones (excluding diaryl/α,β-unsaturated/α-hetero) is 1. The van der Waals surface area contributed by atoms with Gasteiger partial charge in [-0.3, -0.25) is 4.79 Å². The number of hydrogen-bond donors (Lipinski definition) is 2. The number of carbonyl (C=O) groups excluding carboxylic acids is 1. The predicted molar refractivity (Wildman–Crippen MR) is 92.1 cm³/mol. The Morgan fingerprint density at radius 3 is 2.19 bits per heavy atom. The number of hydrogen-bond acceptors (Lipinski definition) is 4. The van der Waals surface area contributed by atoms with Crippen molar-refractivity contribution in [2.24, 2.45) is 0 Å². The molecule has 3 aromatic carbocycles. The Labute approximate surface area is 160 Å². The van der Waals surface area contributed by atoms with Crippen molar-refractivity contribution in [2.45, 2.75) is 0 Å². The van der Waals surface area contributed by atoms with Gasteiger partial charge in [0.2, 0.25) is 0 Å². The number of carbonyl (C=O) groups is 2. The van der Waals surface area contributed by atoms with Crippen LogP contribution in [0.1, 0.15) is 26.3 Å². The number of rotatable bonds is 2. The SMILES string of the molecule is O=C(O)c1cc2c(cc1O)OC(=C[c-]1cccc1)C2=O.[Fe].[cH-]1[cH-][cH-][cH-][cH-]1. The summed E-state index contributed by atoms with van der Waals surface area (Å²) in [7, 11) is 0. The Kier molecular flexibility index (Phi) is 6.17. The van der Waals surface area contributed by atoms with E-state index in [9.17, 15) is 14.7 Å². The van der Waals surface area contributed by atoms with Crippen molar-refractivity contribution < 1.29 is 41.6 Å². The quantitative estimate of drug-likeness (QED) is 0.395. The zero-order valence-electron chi connectivity index (χ0n) is 13.4. The molecule has 0 amide bonds. The van der Waals surface area contributed by atoms with Gasteiger partial charge in [-0.15, -0.1) is 17.7 Å². The van der Waals surface area contributed by atoms with E-state index in [0.29, 0.717) is 0 Å². The third-order valence-corrected chi connectivity index (χ3v) is 3.56. The number of aromatic carboxylic acids is 1. The molecule has 0 radical (unpaired) electrons. The molecule has 0 saturated heterocycles. The molecule has 0 bridgehead atoms. The van der Waals surface area contributed by atoms with Crippen LogP contribution in [0.3, 0.4) is 0 Å². The van der Waals surface area contributed by atoms with Crippen LogP contribution in [0.25, 0.3) is 6.08 Å². The minimum atomic E-state index is -1.30. The molecule has 0 aromatic heterocycles. The average molecular weight is 390 g/mol. The van der Waals surface area contributed by atoms with Gasteiger partial charge in [0.25, 0.3) is 0 Å². The molecule has 6 heteroatoms. The molecule has 0 spiro atoms. The van der Waals surface area contributed by atoms with E-state index in [1.165, 1.54) is 0 Å². The molecule has 0 aliphatic carbocycles. The van der Waals surface area contributed by atoms with Crippen LogP contribution in [0, 0.1) is 0 Å². The maximum Gasteiger partial charge on any atom is 0.339 e. The third kappa shape index (κ3) is 4.11. The molecule has 5 nitrogen and oxygen atoms in total. The topological polar surface area (TPSA) is 83.8 Å². The second kappa shape index (κ2) is 8.34. The van der Waals surface area contributed by atoms with Gasteiger partial charge in [0, 0.05) is 23.1 Å². The number of carboxylic acid groups (broad SMARTS) is 1. The molecule has 2 N–H and O–H groups in total. The molecule has 0 fully saturated rings. The zero-order valence-corrected chi connectivity index (χ0v) is 14.5. The van der Waals surface area contributed by atoms with E-state index in [0.717, 1.165) is 17.7 Å². The summed E-state index contributed by atoms with van der Waals surface area (Å²) in [5, 5.41) is 18.5. The number of fused-ring (bicyclic) bond motifs is 1. The minimum absolute atomic E-state index is 0. The Balaban J connectivity index is 0.000000351. The van der Waals surface area contributed by atoms with Crippen molar-refractivity contribution in [2.75, 3.05) is 0 Å². The number of ether oxygens (including phenoxy) is 1. The van der Waals surface area contributed by atoms with E-state index in [-0.39, 0.29) is 39.7 Å². The van der Waals surface area contributed by atoms with E-state index < -0.39 is 17.5 Å². The first-order valence-corrected chi connectivity index (χ1v) is 7.49. The molecule has 1 heterocycles. The van der Waals surface area contributed by atoms with Crippen molar-refractivity contribution in [3.8, 4) is 11.5 Å². The first-order chi connectivity index (χ1) is 12.1. The van der Waals surface area contributed by atoms with Crippen LogP contribution in [0.15, 0.2) is 72.5 Å². The molecule has 0 atom stereocenters. The van der Waals surface area contributed by atoms with Gasteiger partial charge in [0.15, 0.2) is 5.78 Å². The third-order valence-electron chi connectivity index (χ3n) is 3.56. The molecule has 1 aliphatic rings. The van der Waals surface area contributed by atoms with Crippen molar-refractivity contribution >= 4 is 17.8 Å². The Morgan fingerprint density at radius 1 is 1.08 bits per heavy atom. The predicted octanol–water partition coefficient (Wildman–Crippen LogP) is 3.83. The second-order valence-electron chi connectivity index (χ2n) is 5.29. The number of carboxylic acids is 1. The van der Waals surface area contributed by atoms with Crippen LogP contribution in [-0.4, -0.2) is 22.0 Å². The summed E-state index contributed by atoms with van der Waals surface area (Å²) in [5.74, 6) is -1.86. The fourth-order valence-electron chi connectivity index (χ4n) is 2.35. The van der Waals surface area contributed by atoms with Crippen LogP contribution < -0.4 is 4.74 Å². The summed E-state index contributed by atoms with van der Waals surface area (Å²) in [6.45, 7) is 0. The smallest absolute Gasteiger partial charge is 0.339 e. The van der Waals surface area contributed by atoms with E-state index in [2.05, 4.69) is 0 Å². The summed E-state index contributed by atoms with van der Waals surface area (Å²) < 4.78 is 5.37. The minimum Gasteiger partial charge on any atom is -0.748 e. The molecular formula is C20H14FeO5-6. The first kappa shape index (κ1) is 19.2. The van der Waals surface area contributed by atoms with E-state index in [1.807, 2.05) is 54.6 Å². The summed E-state index contributed by atoms with van der Waals surface area (Å²) in [4.78, 5) is 23.1. The van der Waals surface area contributed by atoms with Gasteiger partial charge >= 0.3 is 5.97 Å². The second-order valence-corrected chi connectivity index (χ2v) is 5.29. The fourth-order valence-corrected chi connectivity index (χ4v) is 2.35. The number of aromatic hydroxyl groups is 1. The van der Waals surface area contributed by atoms with E-state index >= 15 is 0 Å². The molecule has 0 unspecified atom stereocenters. The Bertz CT molecular complexity index is 904. The standard InChI is InChI=1S/C15H9O5.C5H5.Fe/c16-11-7-12-10(6-9(11)15(18)19)14(17)13(20-12)5-8-3-1-2-4-8;1-2-4-5-3-1;/h1-7,16H,(H,18,19);1-5H;/q-1;-5;. The molecule has 26 heavy (non-hydrogen) atoms. The van der Waals surface area contributed by atoms with Crippen molar-refractivity contribution in [1.29, 1.82) is 0 Å².